The monoisotopic (exact) mass is 296 g/mol. The van der Waals surface area contributed by atoms with E-state index in [1.54, 1.807) is 0 Å². The van der Waals surface area contributed by atoms with Crippen molar-refractivity contribution in [1.82, 2.24) is 5.32 Å². The quantitative estimate of drug-likeness (QED) is 0.908. The average molecular weight is 296 g/mol. The van der Waals surface area contributed by atoms with Crippen molar-refractivity contribution in [1.29, 1.82) is 5.26 Å². The summed E-state index contributed by atoms with van der Waals surface area (Å²) in [6.45, 7) is 2.23. The van der Waals surface area contributed by atoms with Crippen LogP contribution in [0.4, 0.5) is 0 Å². The molecule has 1 heterocycles. The van der Waals surface area contributed by atoms with Crippen LogP contribution in [0.1, 0.15) is 30.2 Å². The first-order valence-corrected chi connectivity index (χ1v) is 8.35. The van der Waals surface area contributed by atoms with Gasteiger partial charge in [-0.2, -0.15) is 5.26 Å². The number of thiophene rings is 1. The van der Waals surface area contributed by atoms with E-state index < -0.39 is 0 Å². The Hall–Kier alpha value is -1.63. The van der Waals surface area contributed by atoms with E-state index in [2.05, 4.69) is 48.0 Å². The Morgan fingerprint density at radius 3 is 2.67 bits per heavy atom. The number of hydrogen-bond donors (Lipinski definition) is 1. The van der Waals surface area contributed by atoms with Crippen LogP contribution in [-0.4, -0.2) is 12.1 Å². The van der Waals surface area contributed by atoms with Gasteiger partial charge in [0.15, 0.2) is 0 Å². The molecule has 3 heteroatoms. The number of nitrogens with zero attached hydrogens (tertiary/aromatic N) is 1. The molecule has 2 nitrogen and oxygen atoms in total. The van der Waals surface area contributed by atoms with Crippen LogP contribution < -0.4 is 5.32 Å². The van der Waals surface area contributed by atoms with E-state index in [1.165, 1.54) is 4.88 Å². The fourth-order valence-corrected chi connectivity index (χ4v) is 4.08. The average Bonchev–Trinajstić information content (AvgIpc) is 2.96. The molecule has 21 heavy (non-hydrogen) atoms. The van der Waals surface area contributed by atoms with Gasteiger partial charge in [-0.05, 0) is 43.2 Å². The predicted molar refractivity (Wildman–Crippen MR) is 87.4 cm³/mol. The highest BCUT2D eigenvalue weighted by molar-refractivity contribution is 7.09. The topological polar surface area (TPSA) is 35.8 Å². The lowest BCUT2D eigenvalue weighted by Crippen LogP contribution is -2.53. The lowest BCUT2D eigenvalue weighted by Gasteiger charge is -2.44. The number of hydrogen-bond acceptors (Lipinski definition) is 3. The Labute approximate surface area is 130 Å². The van der Waals surface area contributed by atoms with E-state index in [-0.39, 0.29) is 5.41 Å². The second-order valence-electron chi connectivity index (χ2n) is 6.02. The van der Waals surface area contributed by atoms with Gasteiger partial charge in [0.2, 0.25) is 0 Å². The van der Waals surface area contributed by atoms with Gasteiger partial charge in [0.1, 0.15) is 0 Å². The largest absolute Gasteiger partial charge is 0.311 e. The van der Waals surface area contributed by atoms with Crippen LogP contribution in [0.5, 0.6) is 0 Å². The van der Waals surface area contributed by atoms with Crippen molar-refractivity contribution >= 4 is 11.3 Å². The molecular weight excluding hydrogens is 276 g/mol. The van der Waals surface area contributed by atoms with E-state index in [4.69, 9.17) is 0 Å². The van der Waals surface area contributed by atoms with Crippen LogP contribution in [0.25, 0.3) is 0 Å². The zero-order chi connectivity index (χ0) is 14.7. The van der Waals surface area contributed by atoms with E-state index in [0.29, 0.717) is 12.1 Å². The highest BCUT2D eigenvalue weighted by atomic mass is 32.1. The van der Waals surface area contributed by atoms with Crippen molar-refractivity contribution in [3.63, 3.8) is 0 Å². The van der Waals surface area contributed by atoms with E-state index in [9.17, 15) is 5.26 Å². The number of rotatable bonds is 5. The van der Waals surface area contributed by atoms with Crippen molar-refractivity contribution in [3.05, 3.63) is 58.3 Å². The molecule has 0 radical (unpaired) electrons. The molecule has 1 aromatic heterocycles. The molecule has 0 spiro atoms. The second kappa shape index (κ2) is 6.01. The van der Waals surface area contributed by atoms with Gasteiger partial charge in [-0.25, -0.2) is 0 Å². The van der Waals surface area contributed by atoms with Crippen LogP contribution in [0.15, 0.2) is 47.8 Å². The first-order chi connectivity index (χ1) is 10.2. The minimum atomic E-state index is -0.276. The summed E-state index contributed by atoms with van der Waals surface area (Å²) in [5.41, 5.74) is 0.887. The van der Waals surface area contributed by atoms with Gasteiger partial charge < -0.3 is 5.32 Å². The summed E-state index contributed by atoms with van der Waals surface area (Å²) in [5.74, 6) is 0. The molecule has 1 N–H and O–H groups in total. The summed E-state index contributed by atoms with van der Waals surface area (Å²) in [6.07, 6.45) is 2.91. The van der Waals surface area contributed by atoms with Gasteiger partial charge in [-0.15, -0.1) is 11.3 Å². The Morgan fingerprint density at radius 1 is 1.29 bits per heavy atom. The summed E-state index contributed by atoms with van der Waals surface area (Å²) < 4.78 is 0. The minimum absolute atomic E-state index is 0.276. The Balaban J connectivity index is 1.56. The predicted octanol–water partition coefficient (Wildman–Crippen LogP) is 3.89. The maximum atomic E-state index is 9.57. The van der Waals surface area contributed by atoms with Crippen molar-refractivity contribution in [2.24, 2.45) is 0 Å². The fraction of sp³-hybridized carbons (Fsp3) is 0.389. The second-order valence-corrected chi connectivity index (χ2v) is 7.05. The van der Waals surface area contributed by atoms with Crippen molar-refractivity contribution in [3.8, 4) is 6.07 Å². The molecule has 1 atom stereocenters. The maximum Gasteiger partial charge on any atom is 0.0852 e. The van der Waals surface area contributed by atoms with Gasteiger partial charge in [-0.1, -0.05) is 36.4 Å². The third-order valence-corrected chi connectivity index (χ3v) is 5.24. The number of nitrogens with one attached hydrogen (secondary N) is 1. The summed E-state index contributed by atoms with van der Waals surface area (Å²) in [5, 5.41) is 15.4. The summed E-state index contributed by atoms with van der Waals surface area (Å²) in [4.78, 5) is 1.42. The normalized spacial score (nSPS) is 25.8. The zero-order valence-corrected chi connectivity index (χ0v) is 13.1. The van der Waals surface area contributed by atoms with Crippen LogP contribution in [0, 0.1) is 11.3 Å². The fourth-order valence-electron chi connectivity index (χ4n) is 3.24. The molecule has 1 aliphatic rings. The Morgan fingerprint density at radius 2 is 2.05 bits per heavy atom. The number of nitriles is 1. The standard InChI is InChI=1S/C18H20N2S/c1-14(10-17-8-5-9-21-17)20-16-11-18(12-16,13-19)15-6-3-2-4-7-15/h2-9,14,16,20H,10-12H2,1H3. The lowest BCUT2D eigenvalue weighted by molar-refractivity contribution is 0.212. The first-order valence-electron chi connectivity index (χ1n) is 7.47. The molecule has 1 aromatic carbocycles. The molecule has 0 bridgehead atoms. The maximum absolute atomic E-state index is 9.57. The molecule has 0 saturated heterocycles. The third-order valence-electron chi connectivity index (χ3n) is 4.34. The molecule has 108 valence electrons. The molecule has 1 fully saturated rings. The van der Waals surface area contributed by atoms with Gasteiger partial charge >= 0.3 is 0 Å². The van der Waals surface area contributed by atoms with Gasteiger partial charge in [0.05, 0.1) is 11.5 Å². The molecule has 3 rings (SSSR count). The highest BCUT2D eigenvalue weighted by Crippen LogP contribution is 2.43. The van der Waals surface area contributed by atoms with Crippen LogP contribution in [0.2, 0.25) is 0 Å². The summed E-state index contributed by atoms with van der Waals surface area (Å²) >= 11 is 1.81. The van der Waals surface area contributed by atoms with E-state index in [0.717, 1.165) is 24.8 Å². The smallest absolute Gasteiger partial charge is 0.0852 e. The zero-order valence-electron chi connectivity index (χ0n) is 12.3. The minimum Gasteiger partial charge on any atom is -0.311 e. The van der Waals surface area contributed by atoms with Gasteiger partial charge in [0.25, 0.3) is 0 Å². The molecule has 0 aliphatic heterocycles. The van der Waals surface area contributed by atoms with Crippen LogP contribution >= 0.6 is 11.3 Å². The number of benzene rings is 1. The Bertz CT molecular complexity index is 606. The molecule has 0 amide bonds. The van der Waals surface area contributed by atoms with E-state index >= 15 is 0 Å². The van der Waals surface area contributed by atoms with Gasteiger partial charge in [-0.3, -0.25) is 0 Å². The first kappa shape index (κ1) is 14.3. The molecular formula is C18H20N2S. The SMILES string of the molecule is CC(Cc1cccs1)NC1CC(C#N)(c2ccccc2)C1. The van der Waals surface area contributed by atoms with Gasteiger partial charge in [0, 0.05) is 17.0 Å². The lowest BCUT2D eigenvalue weighted by atomic mass is 9.62. The third kappa shape index (κ3) is 3.02. The summed E-state index contributed by atoms with van der Waals surface area (Å²) in [6, 6.07) is 18.0. The van der Waals surface area contributed by atoms with Crippen molar-refractivity contribution < 1.29 is 0 Å². The van der Waals surface area contributed by atoms with E-state index in [1.807, 2.05) is 29.5 Å². The molecule has 2 aromatic rings. The Kier molecular flexibility index (Phi) is 4.10. The van der Waals surface area contributed by atoms with Crippen molar-refractivity contribution in [2.45, 2.75) is 43.7 Å². The molecule has 1 saturated carbocycles. The van der Waals surface area contributed by atoms with Crippen LogP contribution in [-0.2, 0) is 11.8 Å². The van der Waals surface area contributed by atoms with Crippen molar-refractivity contribution in [2.75, 3.05) is 0 Å². The molecule has 1 aliphatic carbocycles. The highest BCUT2D eigenvalue weighted by Gasteiger charge is 2.46. The summed E-state index contributed by atoms with van der Waals surface area (Å²) in [7, 11) is 0. The molecule has 1 unspecified atom stereocenters. The van der Waals surface area contributed by atoms with Crippen LogP contribution in [0.3, 0.4) is 0 Å².